The molecule has 21 heavy (non-hydrogen) atoms. The average molecular weight is 304 g/mol. The van der Waals surface area contributed by atoms with E-state index in [1.165, 1.54) is 0 Å². The van der Waals surface area contributed by atoms with E-state index in [-0.39, 0.29) is 11.9 Å². The number of primary amides is 1. The Morgan fingerprint density at radius 3 is 2.81 bits per heavy atom. The molecule has 1 fully saturated rings. The van der Waals surface area contributed by atoms with E-state index in [0.717, 1.165) is 30.7 Å². The number of likely N-dealkylation sites (tertiary alicyclic amines) is 1. The van der Waals surface area contributed by atoms with Gasteiger partial charge in [0.2, 0.25) is 0 Å². The lowest BCUT2D eigenvalue weighted by Crippen LogP contribution is -2.40. The zero-order valence-corrected chi connectivity index (χ0v) is 12.3. The number of rotatable bonds is 3. The van der Waals surface area contributed by atoms with Crippen LogP contribution < -0.4 is 5.73 Å². The Hall–Kier alpha value is -2.15. The van der Waals surface area contributed by atoms with Gasteiger partial charge in [0.25, 0.3) is 11.8 Å². The van der Waals surface area contributed by atoms with Gasteiger partial charge < -0.3 is 15.2 Å². The summed E-state index contributed by atoms with van der Waals surface area (Å²) < 4.78 is 2.04. The number of piperidine rings is 1. The Labute approximate surface area is 126 Å². The third kappa shape index (κ3) is 2.82. The lowest BCUT2D eigenvalue weighted by molar-refractivity contribution is 0.0684. The van der Waals surface area contributed by atoms with Crippen LogP contribution in [0.25, 0.3) is 0 Å². The summed E-state index contributed by atoms with van der Waals surface area (Å²) in [6, 6.07) is 3.55. The smallest absolute Gasteiger partial charge is 0.264 e. The summed E-state index contributed by atoms with van der Waals surface area (Å²) in [5.41, 5.74) is 5.23. The summed E-state index contributed by atoms with van der Waals surface area (Å²) in [5, 5.41) is 0. The van der Waals surface area contributed by atoms with Crippen LogP contribution in [0.4, 0.5) is 0 Å². The Balaban J connectivity index is 1.73. The van der Waals surface area contributed by atoms with Crippen molar-refractivity contribution in [1.82, 2.24) is 14.5 Å². The minimum absolute atomic E-state index is 0.0303. The molecule has 3 heterocycles. The van der Waals surface area contributed by atoms with Crippen LogP contribution in [-0.4, -0.2) is 39.4 Å². The Bertz CT molecular complexity index is 650. The summed E-state index contributed by atoms with van der Waals surface area (Å²) in [6.45, 7) is 1.41. The highest BCUT2D eigenvalue weighted by molar-refractivity contribution is 7.15. The molecule has 0 bridgehead atoms. The molecule has 1 saturated heterocycles. The topological polar surface area (TPSA) is 81.2 Å². The Morgan fingerprint density at radius 2 is 2.14 bits per heavy atom. The van der Waals surface area contributed by atoms with Crippen molar-refractivity contribution in [1.29, 1.82) is 0 Å². The van der Waals surface area contributed by atoms with E-state index in [2.05, 4.69) is 4.98 Å². The fraction of sp³-hybridized carbons (Fsp3) is 0.357. The summed E-state index contributed by atoms with van der Waals surface area (Å²) in [7, 11) is 0. The molecular formula is C14H16N4O2S. The van der Waals surface area contributed by atoms with Gasteiger partial charge in [0.1, 0.15) is 0 Å². The molecule has 0 radical (unpaired) electrons. The van der Waals surface area contributed by atoms with E-state index in [1.807, 2.05) is 15.7 Å². The Kier molecular flexibility index (Phi) is 3.74. The lowest BCUT2D eigenvalue weighted by Gasteiger charge is -2.33. The average Bonchev–Trinajstić information content (AvgIpc) is 3.18. The molecule has 7 heteroatoms. The first-order chi connectivity index (χ1) is 10.1. The molecule has 0 saturated carbocycles. The van der Waals surface area contributed by atoms with Crippen molar-refractivity contribution in [3.63, 3.8) is 0 Å². The van der Waals surface area contributed by atoms with Gasteiger partial charge in [0, 0.05) is 25.5 Å². The third-order valence-corrected chi connectivity index (χ3v) is 4.78. The molecule has 2 amide bonds. The number of nitrogens with two attached hydrogens (primary N) is 1. The maximum atomic E-state index is 12.5. The maximum Gasteiger partial charge on any atom is 0.264 e. The molecular weight excluding hydrogens is 288 g/mol. The van der Waals surface area contributed by atoms with Gasteiger partial charge in [-0.2, -0.15) is 0 Å². The van der Waals surface area contributed by atoms with Crippen molar-refractivity contribution >= 4 is 23.2 Å². The number of hydrogen-bond acceptors (Lipinski definition) is 4. The second-order valence-corrected chi connectivity index (χ2v) is 6.17. The van der Waals surface area contributed by atoms with Crippen LogP contribution in [0, 0.1) is 0 Å². The van der Waals surface area contributed by atoms with Gasteiger partial charge in [0.05, 0.1) is 22.1 Å². The highest BCUT2D eigenvalue weighted by atomic mass is 32.1. The zero-order chi connectivity index (χ0) is 14.8. The third-order valence-electron chi connectivity index (χ3n) is 3.69. The van der Waals surface area contributed by atoms with Crippen LogP contribution in [0.5, 0.6) is 0 Å². The van der Waals surface area contributed by atoms with E-state index in [4.69, 9.17) is 5.73 Å². The number of aromatic nitrogens is 2. The molecule has 2 aromatic rings. The molecule has 1 aliphatic rings. The van der Waals surface area contributed by atoms with Crippen LogP contribution in [0.15, 0.2) is 30.9 Å². The molecule has 6 nitrogen and oxygen atoms in total. The predicted molar refractivity (Wildman–Crippen MR) is 79.2 cm³/mol. The normalized spacial score (nSPS) is 18.7. The van der Waals surface area contributed by atoms with E-state index in [0.29, 0.717) is 16.3 Å². The number of carbonyl (C=O) groups excluding carboxylic acids is 2. The molecule has 2 N–H and O–H groups in total. The summed E-state index contributed by atoms with van der Waals surface area (Å²) >= 11 is 1.16. The first-order valence-electron chi connectivity index (χ1n) is 6.81. The van der Waals surface area contributed by atoms with E-state index < -0.39 is 5.91 Å². The minimum atomic E-state index is -0.492. The number of nitrogens with zero attached hydrogens (tertiary/aromatic N) is 3. The predicted octanol–water partition coefficient (Wildman–Crippen LogP) is 1.52. The first kappa shape index (κ1) is 13.8. The second-order valence-electron chi connectivity index (χ2n) is 5.09. The molecule has 110 valence electrons. The van der Waals surface area contributed by atoms with Crippen LogP contribution in [0.3, 0.4) is 0 Å². The number of hydrogen-bond donors (Lipinski definition) is 1. The zero-order valence-electron chi connectivity index (χ0n) is 11.4. The summed E-state index contributed by atoms with van der Waals surface area (Å²) in [6.07, 6.45) is 7.46. The van der Waals surface area contributed by atoms with E-state index in [1.54, 1.807) is 24.7 Å². The molecule has 3 rings (SSSR count). The van der Waals surface area contributed by atoms with Gasteiger partial charge in [-0.25, -0.2) is 4.98 Å². The highest BCUT2D eigenvalue weighted by Crippen LogP contribution is 2.24. The van der Waals surface area contributed by atoms with Crippen LogP contribution in [0.1, 0.15) is 38.2 Å². The van der Waals surface area contributed by atoms with Gasteiger partial charge in [-0.3, -0.25) is 9.59 Å². The van der Waals surface area contributed by atoms with Crippen molar-refractivity contribution in [2.24, 2.45) is 5.73 Å². The minimum Gasteiger partial charge on any atom is -0.365 e. The molecule has 0 unspecified atom stereocenters. The number of thiophene rings is 1. The number of amides is 2. The SMILES string of the molecule is NC(=O)c1ccc(C(=O)N2CCC[C@H](n3ccnc3)C2)s1. The highest BCUT2D eigenvalue weighted by Gasteiger charge is 2.26. The lowest BCUT2D eigenvalue weighted by atomic mass is 10.1. The standard InChI is InChI=1S/C14H16N4O2S/c15-13(19)11-3-4-12(21-11)14(20)17-6-1-2-10(8-17)18-7-5-16-9-18/h3-5,7,9-10H,1-2,6,8H2,(H2,15,19)/t10-/m0/s1. The Morgan fingerprint density at radius 1 is 1.33 bits per heavy atom. The molecule has 1 aliphatic heterocycles. The van der Waals surface area contributed by atoms with Crippen LogP contribution in [0.2, 0.25) is 0 Å². The fourth-order valence-electron chi connectivity index (χ4n) is 2.61. The van der Waals surface area contributed by atoms with Gasteiger partial charge in [0.15, 0.2) is 0 Å². The van der Waals surface area contributed by atoms with Crippen molar-refractivity contribution in [3.8, 4) is 0 Å². The molecule has 0 aromatic carbocycles. The summed E-state index contributed by atoms with van der Waals surface area (Å²) in [4.78, 5) is 30.5. The first-order valence-corrected chi connectivity index (χ1v) is 7.63. The van der Waals surface area contributed by atoms with Crippen molar-refractivity contribution in [3.05, 3.63) is 40.6 Å². The quantitative estimate of drug-likeness (QED) is 0.933. The van der Waals surface area contributed by atoms with Gasteiger partial charge in [-0.15, -0.1) is 11.3 Å². The van der Waals surface area contributed by atoms with E-state index >= 15 is 0 Å². The van der Waals surface area contributed by atoms with Gasteiger partial charge in [-0.05, 0) is 25.0 Å². The molecule has 1 atom stereocenters. The number of carbonyl (C=O) groups is 2. The maximum absolute atomic E-state index is 12.5. The molecule has 2 aromatic heterocycles. The second kappa shape index (κ2) is 5.69. The molecule has 0 aliphatic carbocycles. The van der Waals surface area contributed by atoms with Gasteiger partial charge >= 0.3 is 0 Å². The number of imidazole rings is 1. The monoisotopic (exact) mass is 304 g/mol. The van der Waals surface area contributed by atoms with Crippen LogP contribution in [-0.2, 0) is 0 Å². The van der Waals surface area contributed by atoms with E-state index in [9.17, 15) is 9.59 Å². The summed E-state index contributed by atoms with van der Waals surface area (Å²) in [5.74, 6) is -0.522. The van der Waals surface area contributed by atoms with Crippen LogP contribution >= 0.6 is 11.3 Å². The van der Waals surface area contributed by atoms with Crippen molar-refractivity contribution in [2.45, 2.75) is 18.9 Å². The molecule has 0 spiro atoms. The van der Waals surface area contributed by atoms with Crippen molar-refractivity contribution in [2.75, 3.05) is 13.1 Å². The van der Waals surface area contributed by atoms with Crippen molar-refractivity contribution < 1.29 is 9.59 Å². The largest absolute Gasteiger partial charge is 0.365 e. The fourth-order valence-corrected chi connectivity index (χ4v) is 3.44. The van der Waals surface area contributed by atoms with Gasteiger partial charge in [-0.1, -0.05) is 0 Å².